The van der Waals surface area contributed by atoms with Crippen molar-refractivity contribution in [1.82, 2.24) is 19.5 Å². The normalized spacial score (nSPS) is 28.0. The summed E-state index contributed by atoms with van der Waals surface area (Å²) in [4.78, 5) is 11.1. The SMILES string of the molecule is C[C@H]1O[C@@H](n2cnc3c(=S)nc(N)[nH]c32)CC1O. The van der Waals surface area contributed by atoms with E-state index in [9.17, 15) is 5.11 Å². The Hall–Kier alpha value is -1.51. The van der Waals surface area contributed by atoms with E-state index in [0.717, 1.165) is 0 Å². The molecule has 1 unspecified atom stereocenters. The summed E-state index contributed by atoms with van der Waals surface area (Å²) in [6.07, 6.45) is 1.18. The summed E-state index contributed by atoms with van der Waals surface area (Å²) in [5.41, 5.74) is 6.89. The maximum Gasteiger partial charge on any atom is 0.200 e. The maximum absolute atomic E-state index is 9.72. The molecule has 3 atom stereocenters. The van der Waals surface area contributed by atoms with Crippen molar-refractivity contribution in [3.05, 3.63) is 11.0 Å². The molecule has 2 aromatic heterocycles. The Bertz CT molecular complexity index is 641. The molecule has 0 amide bonds. The van der Waals surface area contributed by atoms with Gasteiger partial charge in [-0.15, -0.1) is 0 Å². The van der Waals surface area contributed by atoms with Gasteiger partial charge in [-0.05, 0) is 6.92 Å². The maximum atomic E-state index is 9.72. The van der Waals surface area contributed by atoms with Crippen LogP contribution in [-0.2, 0) is 4.74 Å². The lowest BCUT2D eigenvalue weighted by molar-refractivity contribution is -0.00631. The van der Waals surface area contributed by atoms with Gasteiger partial charge in [-0.3, -0.25) is 4.57 Å². The Morgan fingerprint density at radius 2 is 2.44 bits per heavy atom. The Kier molecular flexibility index (Phi) is 2.58. The number of nitrogens with zero attached hydrogens (tertiary/aromatic N) is 3. The Balaban J connectivity index is 2.11. The van der Waals surface area contributed by atoms with Crippen molar-refractivity contribution in [3.8, 4) is 0 Å². The Morgan fingerprint density at radius 3 is 3.11 bits per heavy atom. The first-order valence-electron chi connectivity index (χ1n) is 5.62. The second-order valence-electron chi connectivity index (χ2n) is 4.38. The van der Waals surface area contributed by atoms with Crippen LogP contribution in [0.3, 0.4) is 0 Å². The van der Waals surface area contributed by atoms with Crippen molar-refractivity contribution in [1.29, 1.82) is 0 Å². The molecule has 8 heteroatoms. The number of hydrogen-bond donors (Lipinski definition) is 3. The number of imidazole rings is 1. The third-order valence-corrected chi connectivity index (χ3v) is 3.42. The summed E-state index contributed by atoms with van der Waals surface area (Å²) in [5.74, 6) is 0.237. The molecule has 7 nitrogen and oxygen atoms in total. The lowest BCUT2D eigenvalue weighted by atomic mass is 10.2. The van der Waals surface area contributed by atoms with Gasteiger partial charge in [0.15, 0.2) is 10.6 Å². The van der Waals surface area contributed by atoms with Gasteiger partial charge in [0.2, 0.25) is 0 Å². The second-order valence-corrected chi connectivity index (χ2v) is 4.76. The van der Waals surface area contributed by atoms with E-state index in [2.05, 4.69) is 15.0 Å². The van der Waals surface area contributed by atoms with Crippen LogP contribution < -0.4 is 5.73 Å². The molecular weight excluding hydrogens is 254 g/mol. The van der Waals surface area contributed by atoms with Crippen LogP contribution in [0.5, 0.6) is 0 Å². The molecule has 0 saturated carbocycles. The van der Waals surface area contributed by atoms with Crippen LogP contribution in [-0.4, -0.2) is 36.8 Å². The number of aromatic nitrogens is 4. The average Bonchev–Trinajstić information content (AvgIpc) is 2.83. The fraction of sp³-hybridized carbons (Fsp3) is 0.500. The first-order valence-corrected chi connectivity index (χ1v) is 6.03. The number of H-pyrrole nitrogens is 1. The van der Waals surface area contributed by atoms with E-state index < -0.39 is 6.10 Å². The van der Waals surface area contributed by atoms with Crippen molar-refractivity contribution >= 4 is 29.3 Å². The van der Waals surface area contributed by atoms with Crippen molar-refractivity contribution in [3.63, 3.8) is 0 Å². The number of anilines is 1. The zero-order chi connectivity index (χ0) is 12.9. The molecule has 0 radical (unpaired) electrons. The summed E-state index contributed by atoms with van der Waals surface area (Å²) in [6, 6.07) is 0. The summed E-state index contributed by atoms with van der Waals surface area (Å²) in [5, 5.41) is 9.72. The van der Waals surface area contributed by atoms with Gasteiger partial charge >= 0.3 is 0 Å². The predicted octanol–water partition coefficient (Wildman–Crippen LogP) is 0.739. The molecule has 1 aliphatic rings. The molecule has 1 saturated heterocycles. The van der Waals surface area contributed by atoms with E-state index in [1.54, 1.807) is 10.9 Å². The highest BCUT2D eigenvalue weighted by molar-refractivity contribution is 7.71. The summed E-state index contributed by atoms with van der Waals surface area (Å²) in [6.45, 7) is 1.84. The zero-order valence-electron chi connectivity index (χ0n) is 9.70. The zero-order valence-corrected chi connectivity index (χ0v) is 10.5. The van der Waals surface area contributed by atoms with Crippen LogP contribution in [0.25, 0.3) is 11.2 Å². The molecule has 3 rings (SSSR count). The monoisotopic (exact) mass is 267 g/mol. The second kappa shape index (κ2) is 4.01. The molecule has 2 aromatic rings. The lowest BCUT2D eigenvalue weighted by Crippen LogP contribution is -2.15. The quantitative estimate of drug-likeness (QED) is 0.659. The molecule has 1 aliphatic heterocycles. The van der Waals surface area contributed by atoms with Crippen LogP contribution >= 0.6 is 12.2 Å². The van der Waals surface area contributed by atoms with Gasteiger partial charge in [-0.25, -0.2) is 9.97 Å². The van der Waals surface area contributed by atoms with Crippen LogP contribution in [0.4, 0.5) is 5.95 Å². The molecule has 3 heterocycles. The van der Waals surface area contributed by atoms with E-state index in [4.69, 9.17) is 22.7 Å². The summed E-state index contributed by atoms with van der Waals surface area (Å²) >= 11 is 5.10. The molecule has 1 fully saturated rings. The highest BCUT2D eigenvalue weighted by Gasteiger charge is 2.32. The van der Waals surface area contributed by atoms with E-state index in [1.807, 2.05) is 6.92 Å². The molecule has 0 bridgehead atoms. The van der Waals surface area contributed by atoms with Gasteiger partial charge in [0.1, 0.15) is 17.4 Å². The van der Waals surface area contributed by atoms with E-state index in [0.29, 0.717) is 22.2 Å². The molecule has 96 valence electrons. The number of fused-ring (bicyclic) bond motifs is 1. The van der Waals surface area contributed by atoms with Gasteiger partial charge in [-0.1, -0.05) is 12.2 Å². The minimum atomic E-state index is -0.477. The minimum absolute atomic E-state index is 0.199. The third-order valence-electron chi connectivity index (χ3n) is 3.13. The van der Waals surface area contributed by atoms with E-state index in [1.165, 1.54) is 0 Å². The standard InChI is InChI=1S/C10H13N5O2S/c1-4-5(16)2-6(17-4)15-3-12-7-8(15)13-10(11)14-9(7)18/h3-6,16H,2H2,1H3,(H3,11,13,14,18)/t4-,5?,6-/m1/s1. The number of nitrogen functional groups attached to an aromatic ring is 1. The van der Waals surface area contributed by atoms with Crippen molar-refractivity contribution < 1.29 is 9.84 Å². The summed E-state index contributed by atoms with van der Waals surface area (Å²) < 4.78 is 7.80. The average molecular weight is 267 g/mol. The number of nitrogens with two attached hydrogens (primary N) is 1. The molecule has 0 spiro atoms. The first-order chi connectivity index (χ1) is 8.56. The van der Waals surface area contributed by atoms with Gasteiger partial charge in [-0.2, -0.15) is 0 Å². The van der Waals surface area contributed by atoms with Gasteiger partial charge in [0, 0.05) is 6.42 Å². The lowest BCUT2D eigenvalue weighted by Gasteiger charge is -2.12. The number of rotatable bonds is 1. The summed E-state index contributed by atoms with van der Waals surface area (Å²) in [7, 11) is 0. The first kappa shape index (κ1) is 11.6. The van der Waals surface area contributed by atoms with Crippen molar-refractivity contribution in [2.75, 3.05) is 5.73 Å². The number of aliphatic hydroxyl groups excluding tert-OH is 1. The minimum Gasteiger partial charge on any atom is -0.390 e. The number of aliphatic hydroxyl groups is 1. The van der Waals surface area contributed by atoms with E-state index in [-0.39, 0.29) is 18.3 Å². The smallest absolute Gasteiger partial charge is 0.200 e. The number of hydrogen-bond acceptors (Lipinski definition) is 6. The Morgan fingerprint density at radius 1 is 1.67 bits per heavy atom. The number of nitrogens with one attached hydrogen (secondary N) is 1. The molecule has 0 aromatic carbocycles. The van der Waals surface area contributed by atoms with Crippen molar-refractivity contribution in [2.45, 2.75) is 31.8 Å². The fourth-order valence-electron chi connectivity index (χ4n) is 2.14. The van der Waals surface area contributed by atoms with Crippen LogP contribution in [0, 0.1) is 4.64 Å². The Labute approximate surface area is 108 Å². The van der Waals surface area contributed by atoms with Crippen LogP contribution in [0.15, 0.2) is 6.33 Å². The molecule has 0 aliphatic carbocycles. The van der Waals surface area contributed by atoms with Crippen LogP contribution in [0.1, 0.15) is 19.6 Å². The van der Waals surface area contributed by atoms with Gasteiger partial charge in [0.05, 0.1) is 18.5 Å². The predicted molar refractivity (Wildman–Crippen MR) is 67.3 cm³/mol. The van der Waals surface area contributed by atoms with Gasteiger partial charge in [0.25, 0.3) is 0 Å². The highest BCUT2D eigenvalue weighted by atomic mass is 32.1. The van der Waals surface area contributed by atoms with E-state index >= 15 is 0 Å². The molecule has 4 N–H and O–H groups in total. The number of aromatic amines is 1. The third kappa shape index (κ3) is 1.69. The van der Waals surface area contributed by atoms with Crippen molar-refractivity contribution in [2.24, 2.45) is 0 Å². The molecule has 18 heavy (non-hydrogen) atoms. The fourth-order valence-corrected chi connectivity index (χ4v) is 2.39. The van der Waals surface area contributed by atoms with Gasteiger partial charge < -0.3 is 20.6 Å². The number of ether oxygens (including phenoxy) is 1. The molecular formula is C10H13N5O2S. The van der Waals surface area contributed by atoms with Crippen LogP contribution in [0.2, 0.25) is 0 Å². The largest absolute Gasteiger partial charge is 0.390 e. The highest BCUT2D eigenvalue weighted by Crippen LogP contribution is 2.30. The topological polar surface area (TPSA) is 102 Å².